The number of methoxy groups -OCH3 is 1. The summed E-state index contributed by atoms with van der Waals surface area (Å²) >= 11 is 0. The molecule has 0 bridgehead atoms. The third-order valence-electron chi connectivity index (χ3n) is 4.50. The number of aromatic amines is 1. The topological polar surface area (TPSA) is 75.3 Å². The van der Waals surface area contributed by atoms with Gasteiger partial charge in [0, 0.05) is 19.6 Å². The highest BCUT2D eigenvalue weighted by molar-refractivity contribution is 5.79. The highest BCUT2D eigenvalue weighted by Crippen LogP contribution is 2.21. The number of carbonyl (C=O) groups is 1. The first-order valence-electron chi connectivity index (χ1n) is 8.59. The summed E-state index contributed by atoms with van der Waals surface area (Å²) < 4.78 is 5.14. The normalized spacial score (nSPS) is 16.9. The van der Waals surface area contributed by atoms with Crippen molar-refractivity contribution in [3.63, 3.8) is 0 Å². The lowest BCUT2D eigenvalue weighted by Crippen LogP contribution is -2.39. The van der Waals surface area contributed by atoms with E-state index >= 15 is 0 Å². The number of benzene rings is 1. The molecule has 0 saturated heterocycles. The van der Waals surface area contributed by atoms with Crippen molar-refractivity contribution in [3.8, 4) is 0 Å². The number of ether oxygens (including phenoxy) is 1. The van der Waals surface area contributed by atoms with Gasteiger partial charge in [0.2, 0.25) is 5.91 Å². The quantitative estimate of drug-likeness (QED) is 0.818. The fourth-order valence-electron chi connectivity index (χ4n) is 3.14. The van der Waals surface area contributed by atoms with E-state index in [1.54, 1.807) is 24.1 Å². The van der Waals surface area contributed by atoms with Crippen molar-refractivity contribution in [2.24, 2.45) is 5.92 Å². The molecule has 2 aromatic rings. The van der Waals surface area contributed by atoms with Gasteiger partial charge in [-0.05, 0) is 31.4 Å². The molecule has 0 saturated carbocycles. The van der Waals surface area contributed by atoms with Gasteiger partial charge in [0.05, 0.1) is 24.1 Å². The van der Waals surface area contributed by atoms with Crippen molar-refractivity contribution in [3.05, 3.63) is 52.6 Å². The minimum atomic E-state index is -0.180. The third-order valence-corrected chi connectivity index (χ3v) is 4.50. The molecule has 1 N–H and O–H groups in total. The van der Waals surface area contributed by atoms with Crippen LogP contribution in [0.25, 0.3) is 10.9 Å². The summed E-state index contributed by atoms with van der Waals surface area (Å²) in [6.07, 6.45) is 6.74. The number of hydrogen-bond acceptors (Lipinski definition) is 4. The van der Waals surface area contributed by atoms with Crippen LogP contribution in [0.15, 0.2) is 41.2 Å². The number of rotatable bonds is 6. The molecule has 1 atom stereocenters. The number of aromatic nitrogens is 2. The Labute approximate surface area is 146 Å². The predicted molar refractivity (Wildman–Crippen MR) is 96.1 cm³/mol. The maximum absolute atomic E-state index is 12.9. The van der Waals surface area contributed by atoms with Crippen LogP contribution >= 0.6 is 0 Å². The molecule has 25 heavy (non-hydrogen) atoms. The highest BCUT2D eigenvalue weighted by Gasteiger charge is 2.25. The maximum atomic E-state index is 12.9. The molecule has 0 spiro atoms. The first kappa shape index (κ1) is 17.4. The molecule has 1 aromatic heterocycles. The van der Waals surface area contributed by atoms with Crippen LogP contribution in [0.2, 0.25) is 0 Å². The number of allylic oxidation sites excluding steroid dienone is 2. The van der Waals surface area contributed by atoms with Gasteiger partial charge in [0.1, 0.15) is 5.82 Å². The molecular formula is C19H23N3O3. The molecule has 3 rings (SSSR count). The number of amides is 1. The van der Waals surface area contributed by atoms with Gasteiger partial charge >= 0.3 is 0 Å². The van der Waals surface area contributed by atoms with E-state index in [1.807, 2.05) is 12.1 Å². The SMILES string of the molecule is COCCN(Cc1nc2ccccc2c(=O)[nH]1)C(=O)C1CC=CCC1. The number of hydrogen-bond donors (Lipinski definition) is 1. The molecule has 1 aromatic carbocycles. The Morgan fingerprint density at radius 3 is 2.96 bits per heavy atom. The van der Waals surface area contributed by atoms with Crippen LogP contribution in [0, 0.1) is 5.92 Å². The Bertz CT molecular complexity index is 828. The zero-order valence-electron chi connectivity index (χ0n) is 14.4. The molecule has 6 nitrogen and oxygen atoms in total. The fraction of sp³-hybridized carbons (Fsp3) is 0.421. The number of H-pyrrole nitrogens is 1. The van der Waals surface area contributed by atoms with Crippen molar-refractivity contribution in [1.29, 1.82) is 0 Å². The maximum Gasteiger partial charge on any atom is 0.258 e. The molecule has 6 heteroatoms. The highest BCUT2D eigenvalue weighted by atomic mass is 16.5. The second kappa shape index (κ2) is 8.07. The molecule has 1 unspecified atom stereocenters. The monoisotopic (exact) mass is 341 g/mol. The lowest BCUT2D eigenvalue weighted by Gasteiger charge is -2.27. The van der Waals surface area contributed by atoms with Crippen molar-refractivity contribution in [2.45, 2.75) is 25.8 Å². The van der Waals surface area contributed by atoms with Gasteiger partial charge in [-0.15, -0.1) is 0 Å². The average molecular weight is 341 g/mol. The zero-order chi connectivity index (χ0) is 17.6. The van der Waals surface area contributed by atoms with Crippen molar-refractivity contribution in [1.82, 2.24) is 14.9 Å². The molecule has 1 aliphatic rings. The molecule has 0 aliphatic heterocycles. The minimum absolute atomic E-state index is 0.00552. The van der Waals surface area contributed by atoms with Crippen LogP contribution in [0.3, 0.4) is 0 Å². The van der Waals surface area contributed by atoms with E-state index in [0.717, 1.165) is 19.3 Å². The molecule has 0 radical (unpaired) electrons. The first-order chi connectivity index (χ1) is 12.2. The van der Waals surface area contributed by atoms with Gasteiger partial charge in [0.15, 0.2) is 0 Å². The Hall–Kier alpha value is -2.47. The summed E-state index contributed by atoms with van der Waals surface area (Å²) in [6, 6.07) is 7.21. The summed E-state index contributed by atoms with van der Waals surface area (Å²) in [5.41, 5.74) is 0.460. The average Bonchev–Trinajstić information content (AvgIpc) is 2.65. The summed E-state index contributed by atoms with van der Waals surface area (Å²) in [5, 5.41) is 0.554. The first-order valence-corrected chi connectivity index (χ1v) is 8.59. The Morgan fingerprint density at radius 1 is 1.36 bits per heavy atom. The Kier molecular flexibility index (Phi) is 5.60. The van der Waals surface area contributed by atoms with Gasteiger partial charge in [-0.1, -0.05) is 24.3 Å². The molecule has 1 heterocycles. The minimum Gasteiger partial charge on any atom is -0.383 e. The van der Waals surface area contributed by atoms with Crippen LogP contribution in [0.4, 0.5) is 0 Å². The van der Waals surface area contributed by atoms with Gasteiger partial charge < -0.3 is 14.6 Å². The number of para-hydroxylation sites is 1. The number of carbonyl (C=O) groups excluding carboxylic acids is 1. The second-order valence-corrected chi connectivity index (χ2v) is 6.26. The third kappa shape index (κ3) is 4.14. The lowest BCUT2D eigenvalue weighted by atomic mass is 9.93. The van der Waals surface area contributed by atoms with Crippen LogP contribution in [0.5, 0.6) is 0 Å². The van der Waals surface area contributed by atoms with E-state index < -0.39 is 0 Å². The van der Waals surface area contributed by atoms with Crippen molar-refractivity contribution >= 4 is 16.8 Å². The Balaban J connectivity index is 1.83. The van der Waals surface area contributed by atoms with Crippen LogP contribution in [-0.4, -0.2) is 41.0 Å². The van der Waals surface area contributed by atoms with E-state index in [9.17, 15) is 9.59 Å². The molecule has 132 valence electrons. The lowest BCUT2D eigenvalue weighted by molar-refractivity contribution is -0.137. The van der Waals surface area contributed by atoms with Gasteiger partial charge in [-0.2, -0.15) is 0 Å². The van der Waals surface area contributed by atoms with Gasteiger partial charge in [-0.25, -0.2) is 4.98 Å². The smallest absolute Gasteiger partial charge is 0.258 e. The van der Waals surface area contributed by atoms with Crippen LogP contribution in [0.1, 0.15) is 25.1 Å². The van der Waals surface area contributed by atoms with Crippen LogP contribution < -0.4 is 5.56 Å². The van der Waals surface area contributed by atoms with E-state index in [4.69, 9.17) is 4.74 Å². The molecular weight excluding hydrogens is 318 g/mol. The Morgan fingerprint density at radius 2 is 2.20 bits per heavy atom. The van der Waals surface area contributed by atoms with E-state index in [-0.39, 0.29) is 23.9 Å². The van der Waals surface area contributed by atoms with E-state index in [0.29, 0.717) is 29.9 Å². The largest absolute Gasteiger partial charge is 0.383 e. The van der Waals surface area contributed by atoms with E-state index in [1.165, 1.54) is 0 Å². The molecule has 0 fully saturated rings. The number of nitrogens with zero attached hydrogens (tertiary/aromatic N) is 2. The van der Waals surface area contributed by atoms with Crippen LogP contribution in [-0.2, 0) is 16.1 Å². The van der Waals surface area contributed by atoms with Gasteiger partial charge in [-0.3, -0.25) is 9.59 Å². The predicted octanol–water partition coefficient (Wildman–Crippen LogP) is 2.25. The number of nitrogens with one attached hydrogen (secondary N) is 1. The molecule has 1 aliphatic carbocycles. The second-order valence-electron chi connectivity index (χ2n) is 6.26. The fourth-order valence-corrected chi connectivity index (χ4v) is 3.14. The summed E-state index contributed by atoms with van der Waals surface area (Å²) in [5.74, 6) is 0.589. The van der Waals surface area contributed by atoms with Gasteiger partial charge in [0.25, 0.3) is 5.56 Å². The van der Waals surface area contributed by atoms with E-state index in [2.05, 4.69) is 22.1 Å². The number of fused-ring (bicyclic) bond motifs is 1. The van der Waals surface area contributed by atoms with Crippen molar-refractivity contribution < 1.29 is 9.53 Å². The standard InChI is InChI=1S/C19H23N3O3/c1-25-12-11-22(19(24)14-7-3-2-4-8-14)13-17-20-16-10-6-5-9-15(16)18(23)21-17/h2-3,5-6,9-10,14H,4,7-8,11-13H2,1H3,(H,20,21,23). The summed E-state index contributed by atoms with van der Waals surface area (Å²) in [4.78, 5) is 34.2. The summed E-state index contributed by atoms with van der Waals surface area (Å²) in [7, 11) is 1.61. The molecule has 1 amide bonds. The van der Waals surface area contributed by atoms with Crippen molar-refractivity contribution in [2.75, 3.05) is 20.3 Å². The summed E-state index contributed by atoms with van der Waals surface area (Å²) in [6.45, 7) is 1.21. The zero-order valence-corrected chi connectivity index (χ0v) is 14.4.